The van der Waals surface area contributed by atoms with Crippen molar-refractivity contribution in [3.63, 3.8) is 0 Å². The number of aryl methyl sites for hydroxylation is 2. The van der Waals surface area contributed by atoms with E-state index in [1.807, 2.05) is 21.9 Å². The summed E-state index contributed by atoms with van der Waals surface area (Å²) in [5.41, 5.74) is 8.47. The highest BCUT2D eigenvalue weighted by Gasteiger charge is 2.24. The number of nitrogens with one attached hydrogen (secondary N) is 1. The van der Waals surface area contributed by atoms with Crippen molar-refractivity contribution in [2.45, 2.75) is 58.9 Å². The van der Waals surface area contributed by atoms with E-state index in [2.05, 4.69) is 83.1 Å². The fourth-order valence-electron chi connectivity index (χ4n) is 5.62. The third kappa shape index (κ3) is 4.17. The fourth-order valence-corrected chi connectivity index (χ4v) is 6.60. The van der Waals surface area contributed by atoms with E-state index in [0.717, 1.165) is 30.8 Å². The SMILES string of the molecule is Cc1nc(C)c(CN2CCC(c3ccc4[nH]c(-c5ccc6ncnn6c5)c(C(C)C)c4c3)CC2)s1. The number of likely N-dealkylation sites (tertiary alicyclic amines) is 1. The average Bonchev–Trinajstić information content (AvgIpc) is 3.55. The lowest BCUT2D eigenvalue weighted by Gasteiger charge is -2.32. The number of pyridine rings is 1. The molecule has 1 fully saturated rings. The van der Waals surface area contributed by atoms with Gasteiger partial charge in [-0.1, -0.05) is 19.9 Å². The summed E-state index contributed by atoms with van der Waals surface area (Å²) in [6, 6.07) is 11.2. The predicted octanol–water partition coefficient (Wildman–Crippen LogP) is 6.45. The zero-order chi connectivity index (χ0) is 24.1. The Kier molecular flexibility index (Phi) is 5.69. The summed E-state index contributed by atoms with van der Waals surface area (Å²) in [5.74, 6) is 1.03. The van der Waals surface area contributed by atoms with Crippen LogP contribution in [0.3, 0.4) is 0 Å². The van der Waals surface area contributed by atoms with E-state index in [1.54, 1.807) is 6.33 Å². The predicted molar refractivity (Wildman–Crippen MR) is 143 cm³/mol. The number of rotatable bonds is 5. The minimum Gasteiger partial charge on any atom is -0.354 e. The zero-order valence-corrected chi connectivity index (χ0v) is 21.7. The molecule has 5 heterocycles. The minimum atomic E-state index is 0.411. The van der Waals surface area contributed by atoms with E-state index in [9.17, 15) is 0 Å². The molecule has 1 aliphatic heterocycles. The molecule has 7 heteroatoms. The molecule has 1 aromatic carbocycles. The van der Waals surface area contributed by atoms with Gasteiger partial charge in [0.2, 0.25) is 0 Å². The van der Waals surface area contributed by atoms with E-state index in [1.165, 1.54) is 56.1 Å². The van der Waals surface area contributed by atoms with Crippen LogP contribution in [0.1, 0.15) is 65.2 Å². The lowest BCUT2D eigenvalue weighted by Crippen LogP contribution is -2.32. The quantitative estimate of drug-likeness (QED) is 0.311. The lowest BCUT2D eigenvalue weighted by molar-refractivity contribution is 0.206. The maximum atomic E-state index is 4.61. The summed E-state index contributed by atoms with van der Waals surface area (Å²) in [6.07, 6.45) is 6.09. The van der Waals surface area contributed by atoms with Gasteiger partial charge in [0.25, 0.3) is 0 Å². The molecule has 1 N–H and O–H groups in total. The van der Waals surface area contributed by atoms with Crippen LogP contribution in [0.2, 0.25) is 0 Å². The Hall–Kier alpha value is -3.03. The Bertz CT molecular complexity index is 1500. The van der Waals surface area contributed by atoms with Crippen LogP contribution in [0, 0.1) is 13.8 Å². The standard InChI is InChI=1S/C28H32N6S/c1-17(2)27-23-13-21(20-9-11-33(12-10-20)15-25-18(3)31-19(4)35-25)5-7-24(23)32-28(27)22-6-8-26-29-16-30-34(26)14-22/h5-8,13-14,16-17,20,32H,9-12,15H2,1-4H3. The van der Waals surface area contributed by atoms with Gasteiger partial charge in [-0.05, 0) is 87.0 Å². The first-order valence-corrected chi connectivity index (χ1v) is 13.4. The van der Waals surface area contributed by atoms with Crippen molar-refractivity contribution in [3.8, 4) is 11.3 Å². The number of piperidine rings is 1. The summed E-state index contributed by atoms with van der Waals surface area (Å²) in [7, 11) is 0. The number of benzene rings is 1. The molecule has 1 aliphatic rings. The molecule has 1 saturated heterocycles. The Labute approximate surface area is 210 Å². The van der Waals surface area contributed by atoms with Gasteiger partial charge < -0.3 is 4.98 Å². The molecule has 0 radical (unpaired) electrons. The number of hydrogen-bond acceptors (Lipinski definition) is 5. The first kappa shape index (κ1) is 22.4. The second kappa shape index (κ2) is 8.88. The second-order valence-corrected chi connectivity index (χ2v) is 11.4. The Morgan fingerprint density at radius 2 is 1.94 bits per heavy atom. The number of aromatic amines is 1. The highest BCUT2D eigenvalue weighted by atomic mass is 32.1. The second-order valence-electron chi connectivity index (χ2n) is 10.1. The molecular formula is C28H32N6S. The summed E-state index contributed by atoms with van der Waals surface area (Å²) in [5, 5.41) is 6.86. The van der Waals surface area contributed by atoms with Crippen LogP contribution >= 0.6 is 11.3 Å². The van der Waals surface area contributed by atoms with Crippen molar-refractivity contribution >= 4 is 27.9 Å². The van der Waals surface area contributed by atoms with Gasteiger partial charge in [-0.3, -0.25) is 4.90 Å². The average molecular weight is 485 g/mol. The summed E-state index contributed by atoms with van der Waals surface area (Å²) in [4.78, 5) is 16.6. The molecular weight excluding hydrogens is 452 g/mol. The van der Waals surface area contributed by atoms with Crippen LogP contribution in [0.25, 0.3) is 27.8 Å². The minimum absolute atomic E-state index is 0.411. The molecule has 6 nitrogen and oxygen atoms in total. The van der Waals surface area contributed by atoms with Crippen molar-refractivity contribution in [1.82, 2.24) is 29.5 Å². The molecule has 0 unspecified atom stereocenters. The number of aromatic nitrogens is 5. The van der Waals surface area contributed by atoms with Gasteiger partial charge in [0, 0.05) is 34.1 Å². The molecule has 4 aromatic heterocycles. The number of fused-ring (bicyclic) bond motifs is 2. The molecule has 0 spiro atoms. The van der Waals surface area contributed by atoms with Crippen molar-refractivity contribution < 1.29 is 0 Å². The van der Waals surface area contributed by atoms with Crippen LogP contribution in [0.5, 0.6) is 0 Å². The van der Waals surface area contributed by atoms with E-state index >= 15 is 0 Å². The van der Waals surface area contributed by atoms with Gasteiger partial charge in [-0.2, -0.15) is 5.10 Å². The van der Waals surface area contributed by atoms with Crippen LogP contribution in [0.15, 0.2) is 42.9 Å². The van der Waals surface area contributed by atoms with Gasteiger partial charge in [0.1, 0.15) is 6.33 Å². The van der Waals surface area contributed by atoms with E-state index in [4.69, 9.17) is 0 Å². The van der Waals surface area contributed by atoms with E-state index in [0.29, 0.717) is 11.8 Å². The van der Waals surface area contributed by atoms with Gasteiger partial charge in [0.15, 0.2) is 5.65 Å². The summed E-state index contributed by atoms with van der Waals surface area (Å²) in [6.45, 7) is 12.1. The van der Waals surface area contributed by atoms with Crippen molar-refractivity contribution in [2.75, 3.05) is 13.1 Å². The van der Waals surface area contributed by atoms with E-state index in [-0.39, 0.29) is 0 Å². The number of hydrogen-bond donors (Lipinski definition) is 1. The highest BCUT2D eigenvalue weighted by molar-refractivity contribution is 7.11. The Balaban J connectivity index is 1.26. The normalized spacial score (nSPS) is 15.7. The Morgan fingerprint density at radius 1 is 1.11 bits per heavy atom. The Morgan fingerprint density at radius 3 is 2.69 bits per heavy atom. The summed E-state index contributed by atoms with van der Waals surface area (Å²) >= 11 is 1.85. The van der Waals surface area contributed by atoms with Gasteiger partial charge in [-0.25, -0.2) is 14.5 Å². The van der Waals surface area contributed by atoms with Gasteiger partial charge in [-0.15, -0.1) is 11.3 Å². The molecule has 0 saturated carbocycles. The zero-order valence-electron chi connectivity index (χ0n) is 20.9. The smallest absolute Gasteiger partial charge is 0.155 e. The maximum absolute atomic E-state index is 4.61. The molecule has 6 rings (SSSR count). The molecule has 0 amide bonds. The molecule has 0 atom stereocenters. The van der Waals surface area contributed by atoms with Crippen molar-refractivity contribution in [2.24, 2.45) is 0 Å². The van der Waals surface area contributed by atoms with Crippen LogP contribution < -0.4 is 0 Å². The summed E-state index contributed by atoms with van der Waals surface area (Å²) < 4.78 is 1.85. The third-order valence-corrected chi connectivity index (χ3v) is 8.49. The topological polar surface area (TPSA) is 62.1 Å². The monoisotopic (exact) mass is 484 g/mol. The van der Waals surface area contributed by atoms with Crippen LogP contribution in [-0.2, 0) is 6.54 Å². The molecule has 180 valence electrons. The first-order chi connectivity index (χ1) is 17.0. The lowest BCUT2D eigenvalue weighted by atomic mass is 9.87. The number of thiazole rings is 1. The molecule has 0 bridgehead atoms. The van der Waals surface area contributed by atoms with Gasteiger partial charge >= 0.3 is 0 Å². The van der Waals surface area contributed by atoms with Crippen LogP contribution in [0.4, 0.5) is 0 Å². The maximum Gasteiger partial charge on any atom is 0.155 e. The highest BCUT2D eigenvalue weighted by Crippen LogP contribution is 2.38. The largest absolute Gasteiger partial charge is 0.354 e. The molecule has 0 aliphatic carbocycles. The van der Waals surface area contributed by atoms with E-state index < -0.39 is 0 Å². The number of nitrogens with zero attached hydrogens (tertiary/aromatic N) is 5. The third-order valence-electron chi connectivity index (χ3n) is 7.43. The van der Waals surface area contributed by atoms with Crippen molar-refractivity contribution in [3.05, 3.63) is 69.6 Å². The van der Waals surface area contributed by atoms with Crippen molar-refractivity contribution in [1.29, 1.82) is 0 Å². The van der Waals surface area contributed by atoms with Crippen LogP contribution in [-0.4, -0.2) is 42.6 Å². The molecule has 35 heavy (non-hydrogen) atoms. The first-order valence-electron chi connectivity index (χ1n) is 12.6. The molecule has 5 aromatic rings. The van der Waals surface area contributed by atoms with Gasteiger partial charge in [0.05, 0.1) is 16.4 Å². The fraction of sp³-hybridized carbons (Fsp3) is 0.393. The number of H-pyrrole nitrogens is 1.